The van der Waals surface area contributed by atoms with Crippen LogP contribution < -0.4 is 10.2 Å². The predicted octanol–water partition coefficient (Wildman–Crippen LogP) is 1.13. The Bertz CT molecular complexity index is 615. The van der Waals surface area contributed by atoms with Crippen LogP contribution in [-0.4, -0.2) is 43.5 Å². The van der Waals surface area contributed by atoms with E-state index in [2.05, 4.69) is 0 Å². The summed E-state index contributed by atoms with van der Waals surface area (Å²) in [6.07, 6.45) is 2.67. The fraction of sp³-hybridized carbons (Fsp3) is 0.500. The van der Waals surface area contributed by atoms with E-state index in [9.17, 15) is 13.2 Å². The standard InChI is InChI=1S/C14H20N2O5S/c1-21-11-6-8-12(9-7-11)22(19,20)16-10-4-2-3-5-13(16)14(17)15-18/h6-9,13,18H,2-5,10H2,1H3,(H,15,17)/t13-/m0/s1. The number of carbonyl (C=O) groups excluding carboxylic acids is 1. The van der Waals surface area contributed by atoms with Gasteiger partial charge in [-0.15, -0.1) is 0 Å². The molecule has 2 rings (SSSR count). The molecule has 2 N–H and O–H groups in total. The van der Waals surface area contributed by atoms with Gasteiger partial charge < -0.3 is 4.74 Å². The highest BCUT2D eigenvalue weighted by atomic mass is 32.2. The molecule has 1 atom stereocenters. The van der Waals surface area contributed by atoms with Crippen molar-refractivity contribution in [2.45, 2.75) is 36.6 Å². The lowest BCUT2D eigenvalue weighted by atomic mass is 10.1. The van der Waals surface area contributed by atoms with E-state index in [1.54, 1.807) is 17.6 Å². The van der Waals surface area contributed by atoms with Gasteiger partial charge in [-0.25, -0.2) is 13.9 Å². The smallest absolute Gasteiger partial charge is 0.261 e. The second kappa shape index (κ2) is 7.08. The summed E-state index contributed by atoms with van der Waals surface area (Å²) in [5, 5.41) is 8.86. The van der Waals surface area contributed by atoms with Crippen LogP contribution in [0, 0.1) is 0 Å². The van der Waals surface area contributed by atoms with Crippen molar-refractivity contribution in [1.29, 1.82) is 0 Å². The molecule has 0 unspecified atom stereocenters. The molecule has 0 radical (unpaired) electrons. The van der Waals surface area contributed by atoms with Crippen molar-refractivity contribution < 1.29 is 23.2 Å². The third-order valence-corrected chi connectivity index (χ3v) is 5.70. The van der Waals surface area contributed by atoms with Gasteiger partial charge in [0.25, 0.3) is 5.91 Å². The van der Waals surface area contributed by atoms with E-state index >= 15 is 0 Å². The summed E-state index contributed by atoms with van der Waals surface area (Å²) in [6.45, 7) is 0.256. The molecule has 8 heteroatoms. The molecule has 1 aliphatic rings. The molecular weight excluding hydrogens is 308 g/mol. The number of carbonyl (C=O) groups is 1. The first-order valence-corrected chi connectivity index (χ1v) is 8.54. The first-order valence-electron chi connectivity index (χ1n) is 7.10. The number of amides is 1. The van der Waals surface area contributed by atoms with Crippen LogP contribution in [0.25, 0.3) is 0 Å². The molecule has 1 saturated heterocycles. The highest BCUT2D eigenvalue weighted by molar-refractivity contribution is 7.89. The number of methoxy groups -OCH3 is 1. The minimum Gasteiger partial charge on any atom is -0.497 e. The second-order valence-electron chi connectivity index (χ2n) is 5.13. The van der Waals surface area contributed by atoms with Gasteiger partial charge in [0.1, 0.15) is 11.8 Å². The van der Waals surface area contributed by atoms with Gasteiger partial charge in [0.15, 0.2) is 0 Å². The Labute approximate surface area is 129 Å². The molecule has 1 heterocycles. The van der Waals surface area contributed by atoms with Gasteiger partial charge in [-0.3, -0.25) is 10.0 Å². The van der Waals surface area contributed by atoms with E-state index in [0.29, 0.717) is 18.6 Å². The van der Waals surface area contributed by atoms with E-state index in [-0.39, 0.29) is 11.4 Å². The highest BCUT2D eigenvalue weighted by Gasteiger charge is 2.36. The average Bonchev–Trinajstić information content (AvgIpc) is 2.80. The van der Waals surface area contributed by atoms with Crippen molar-refractivity contribution in [2.75, 3.05) is 13.7 Å². The third kappa shape index (κ3) is 3.40. The lowest BCUT2D eigenvalue weighted by Crippen LogP contribution is -2.48. The number of nitrogens with one attached hydrogen (secondary N) is 1. The Kier molecular flexibility index (Phi) is 5.38. The van der Waals surface area contributed by atoms with Gasteiger partial charge in [-0.1, -0.05) is 12.8 Å². The molecule has 122 valence electrons. The van der Waals surface area contributed by atoms with Crippen LogP contribution in [0.15, 0.2) is 29.2 Å². The molecule has 0 aromatic heterocycles. The summed E-state index contributed by atoms with van der Waals surface area (Å²) in [5.41, 5.74) is 1.57. The Morgan fingerprint density at radius 2 is 1.95 bits per heavy atom. The highest BCUT2D eigenvalue weighted by Crippen LogP contribution is 2.26. The Hall–Kier alpha value is -1.64. The van der Waals surface area contributed by atoms with Crippen LogP contribution in [0.1, 0.15) is 25.7 Å². The van der Waals surface area contributed by atoms with Crippen LogP contribution >= 0.6 is 0 Å². The molecular formula is C14H20N2O5S. The van der Waals surface area contributed by atoms with Crippen molar-refractivity contribution in [2.24, 2.45) is 0 Å². The lowest BCUT2D eigenvalue weighted by Gasteiger charge is -2.27. The van der Waals surface area contributed by atoms with Gasteiger partial charge in [-0.2, -0.15) is 4.31 Å². The molecule has 1 aromatic carbocycles. The lowest BCUT2D eigenvalue weighted by molar-refractivity contribution is -0.133. The average molecular weight is 328 g/mol. The Morgan fingerprint density at radius 3 is 2.55 bits per heavy atom. The molecule has 0 spiro atoms. The molecule has 1 aromatic rings. The molecule has 1 fully saturated rings. The fourth-order valence-corrected chi connectivity index (χ4v) is 4.25. The first kappa shape index (κ1) is 16.7. The van der Waals surface area contributed by atoms with Gasteiger partial charge in [-0.05, 0) is 37.1 Å². The number of hydrogen-bond acceptors (Lipinski definition) is 5. The van der Waals surface area contributed by atoms with Crippen LogP contribution in [0.5, 0.6) is 5.75 Å². The SMILES string of the molecule is COc1ccc(S(=O)(=O)N2CCCCC[C@H]2C(=O)NO)cc1. The molecule has 0 bridgehead atoms. The van der Waals surface area contributed by atoms with Gasteiger partial charge in [0.2, 0.25) is 10.0 Å². The fourth-order valence-electron chi connectivity index (χ4n) is 2.59. The van der Waals surface area contributed by atoms with Crippen molar-refractivity contribution in [3.63, 3.8) is 0 Å². The van der Waals surface area contributed by atoms with E-state index in [0.717, 1.165) is 12.8 Å². The summed E-state index contributed by atoms with van der Waals surface area (Å²) in [6, 6.07) is 5.14. The second-order valence-corrected chi connectivity index (χ2v) is 7.02. The molecule has 7 nitrogen and oxygen atoms in total. The van der Waals surface area contributed by atoms with Crippen LogP contribution in [-0.2, 0) is 14.8 Å². The van der Waals surface area contributed by atoms with Crippen LogP contribution in [0.3, 0.4) is 0 Å². The number of hydroxylamine groups is 1. The zero-order chi connectivity index (χ0) is 16.2. The van der Waals surface area contributed by atoms with E-state index < -0.39 is 22.0 Å². The normalized spacial score (nSPS) is 20.2. The van der Waals surface area contributed by atoms with Crippen molar-refractivity contribution in [3.8, 4) is 5.75 Å². The molecule has 22 heavy (non-hydrogen) atoms. The van der Waals surface area contributed by atoms with Crippen molar-refractivity contribution >= 4 is 15.9 Å². The maximum Gasteiger partial charge on any atom is 0.261 e. The number of sulfonamides is 1. The Morgan fingerprint density at radius 1 is 1.27 bits per heavy atom. The van der Waals surface area contributed by atoms with Gasteiger partial charge in [0.05, 0.1) is 12.0 Å². The molecule has 1 amide bonds. The first-order chi connectivity index (χ1) is 10.5. The maximum atomic E-state index is 12.8. The number of nitrogens with zero attached hydrogens (tertiary/aromatic N) is 1. The van der Waals surface area contributed by atoms with Gasteiger partial charge in [0, 0.05) is 6.54 Å². The monoisotopic (exact) mass is 328 g/mol. The van der Waals surface area contributed by atoms with Crippen molar-refractivity contribution in [1.82, 2.24) is 9.79 Å². The number of ether oxygens (including phenoxy) is 1. The number of hydrogen-bond donors (Lipinski definition) is 2. The minimum atomic E-state index is -3.81. The number of rotatable bonds is 4. The van der Waals surface area contributed by atoms with E-state index in [4.69, 9.17) is 9.94 Å². The van der Waals surface area contributed by atoms with Crippen molar-refractivity contribution in [3.05, 3.63) is 24.3 Å². The molecule has 1 aliphatic heterocycles. The minimum absolute atomic E-state index is 0.103. The van der Waals surface area contributed by atoms with E-state index in [1.807, 2.05) is 0 Å². The summed E-state index contributed by atoms with van der Waals surface area (Å²) >= 11 is 0. The summed E-state index contributed by atoms with van der Waals surface area (Å²) < 4.78 is 31.8. The van der Waals surface area contributed by atoms with E-state index in [1.165, 1.54) is 23.5 Å². The largest absolute Gasteiger partial charge is 0.497 e. The Balaban J connectivity index is 2.36. The predicted molar refractivity (Wildman–Crippen MR) is 79.1 cm³/mol. The quantitative estimate of drug-likeness (QED) is 0.638. The third-order valence-electron chi connectivity index (χ3n) is 3.78. The zero-order valence-corrected chi connectivity index (χ0v) is 13.2. The topological polar surface area (TPSA) is 95.9 Å². The number of benzene rings is 1. The maximum absolute atomic E-state index is 12.8. The van der Waals surface area contributed by atoms with Crippen LogP contribution in [0.2, 0.25) is 0 Å². The summed E-state index contributed by atoms with van der Waals surface area (Å²) in [7, 11) is -2.31. The molecule has 0 saturated carbocycles. The van der Waals surface area contributed by atoms with Crippen LogP contribution in [0.4, 0.5) is 0 Å². The summed E-state index contributed by atoms with van der Waals surface area (Å²) in [5.74, 6) is -0.140. The molecule has 0 aliphatic carbocycles. The summed E-state index contributed by atoms with van der Waals surface area (Å²) in [4.78, 5) is 11.9. The zero-order valence-electron chi connectivity index (χ0n) is 12.4. The van der Waals surface area contributed by atoms with Gasteiger partial charge >= 0.3 is 0 Å².